The van der Waals surface area contributed by atoms with Crippen LogP contribution in [0.25, 0.3) is 0 Å². The van der Waals surface area contributed by atoms with Crippen LogP contribution in [0.5, 0.6) is 17.2 Å². The smallest absolute Gasteiger partial charge is 0.255 e. The zero-order valence-electron chi connectivity index (χ0n) is 18.3. The molecule has 3 aromatic rings. The maximum absolute atomic E-state index is 12.9. The third-order valence-corrected chi connectivity index (χ3v) is 5.07. The number of carbonyl (C=O) groups is 1. The molecule has 0 saturated carbocycles. The summed E-state index contributed by atoms with van der Waals surface area (Å²) in [7, 11) is 3.14. The summed E-state index contributed by atoms with van der Waals surface area (Å²) in [4.78, 5) is 12.9. The zero-order chi connectivity index (χ0) is 22.9. The first kappa shape index (κ1) is 23.4. The second-order valence-electron chi connectivity index (χ2n) is 7.04. The lowest BCUT2D eigenvalue weighted by atomic mass is 10.1. The molecule has 0 fully saturated rings. The minimum absolute atomic E-state index is 0.285. The molecule has 3 aromatic carbocycles. The molecule has 0 bridgehead atoms. The van der Waals surface area contributed by atoms with Gasteiger partial charge in [0.2, 0.25) is 0 Å². The van der Waals surface area contributed by atoms with Crippen LogP contribution in [0.3, 0.4) is 0 Å². The predicted molar refractivity (Wildman–Crippen MR) is 125 cm³/mol. The van der Waals surface area contributed by atoms with Crippen molar-refractivity contribution in [1.29, 1.82) is 0 Å². The number of nitrogens with one attached hydrogen (secondary N) is 1. The minimum Gasteiger partial charge on any atom is -0.493 e. The number of benzene rings is 3. The highest BCUT2D eigenvalue weighted by Crippen LogP contribution is 2.31. The summed E-state index contributed by atoms with van der Waals surface area (Å²) in [6.45, 7) is 3.08. The van der Waals surface area contributed by atoms with Crippen molar-refractivity contribution < 1.29 is 23.7 Å². The Hall–Kier alpha value is -3.22. The van der Waals surface area contributed by atoms with Crippen LogP contribution in [-0.2, 0) is 11.3 Å². The van der Waals surface area contributed by atoms with Gasteiger partial charge in [0.25, 0.3) is 5.91 Å². The van der Waals surface area contributed by atoms with Gasteiger partial charge in [-0.05, 0) is 48.9 Å². The van der Waals surface area contributed by atoms with E-state index in [1.165, 1.54) is 7.11 Å². The Morgan fingerprint density at radius 2 is 1.72 bits per heavy atom. The molecule has 3 rings (SSSR count). The maximum atomic E-state index is 12.9. The van der Waals surface area contributed by atoms with Crippen LogP contribution in [0, 0.1) is 6.92 Å². The summed E-state index contributed by atoms with van der Waals surface area (Å²) in [5, 5.41) is 3.53. The van der Waals surface area contributed by atoms with Gasteiger partial charge in [-0.2, -0.15) is 0 Å². The number of halogens is 1. The Labute approximate surface area is 193 Å². The second-order valence-corrected chi connectivity index (χ2v) is 7.45. The standard InChI is InChI=1S/C25H26ClNO5/c1-17-8-10-21(23(14-17)31-13-12-29-2)27-25(28)18-9-11-22(24(15-18)30-3)32-16-19-6-4-5-7-20(19)26/h4-11,14-15H,12-13,16H2,1-3H3,(H,27,28). The Morgan fingerprint density at radius 1 is 0.906 bits per heavy atom. The molecule has 0 aliphatic heterocycles. The van der Waals surface area contributed by atoms with Crippen molar-refractivity contribution in [3.8, 4) is 17.2 Å². The number of carbonyl (C=O) groups excluding carboxylic acids is 1. The van der Waals surface area contributed by atoms with Crippen molar-refractivity contribution >= 4 is 23.2 Å². The fourth-order valence-corrected chi connectivity index (χ4v) is 3.17. The van der Waals surface area contributed by atoms with Crippen molar-refractivity contribution in [3.05, 3.63) is 82.4 Å². The number of amides is 1. The van der Waals surface area contributed by atoms with Crippen molar-refractivity contribution in [2.45, 2.75) is 13.5 Å². The van der Waals surface area contributed by atoms with Crippen molar-refractivity contribution in [3.63, 3.8) is 0 Å². The summed E-state index contributed by atoms with van der Waals surface area (Å²) in [6, 6.07) is 18.1. The van der Waals surface area contributed by atoms with Crippen LogP contribution in [0.4, 0.5) is 5.69 Å². The van der Waals surface area contributed by atoms with Crippen LogP contribution < -0.4 is 19.5 Å². The topological polar surface area (TPSA) is 66.0 Å². The van der Waals surface area contributed by atoms with Gasteiger partial charge < -0.3 is 24.3 Å². The normalized spacial score (nSPS) is 10.5. The van der Waals surface area contributed by atoms with Gasteiger partial charge in [-0.15, -0.1) is 0 Å². The molecule has 0 atom stereocenters. The summed E-state index contributed by atoms with van der Waals surface area (Å²) in [5.41, 5.74) is 2.89. The maximum Gasteiger partial charge on any atom is 0.255 e. The van der Waals surface area contributed by atoms with Gasteiger partial charge >= 0.3 is 0 Å². The average Bonchev–Trinajstić information content (AvgIpc) is 2.80. The number of hydrogen-bond donors (Lipinski definition) is 1. The van der Waals surface area contributed by atoms with Gasteiger partial charge in [0.15, 0.2) is 11.5 Å². The molecule has 0 aliphatic carbocycles. The monoisotopic (exact) mass is 455 g/mol. The predicted octanol–water partition coefficient (Wildman–Crippen LogP) is 5.51. The lowest BCUT2D eigenvalue weighted by molar-refractivity contribution is 0.102. The van der Waals surface area contributed by atoms with E-state index in [4.69, 9.17) is 30.5 Å². The van der Waals surface area contributed by atoms with Gasteiger partial charge in [0.1, 0.15) is 19.0 Å². The van der Waals surface area contributed by atoms with Gasteiger partial charge in [0, 0.05) is 23.3 Å². The van der Waals surface area contributed by atoms with E-state index in [9.17, 15) is 4.79 Å². The largest absolute Gasteiger partial charge is 0.493 e. The molecule has 0 unspecified atom stereocenters. The van der Waals surface area contributed by atoms with Crippen molar-refractivity contribution in [2.24, 2.45) is 0 Å². The average molecular weight is 456 g/mol. The Morgan fingerprint density at radius 3 is 2.47 bits per heavy atom. The highest BCUT2D eigenvalue weighted by molar-refractivity contribution is 6.31. The number of hydrogen-bond acceptors (Lipinski definition) is 5. The van der Waals surface area contributed by atoms with E-state index in [0.717, 1.165) is 11.1 Å². The number of rotatable bonds is 10. The lowest BCUT2D eigenvalue weighted by Gasteiger charge is -2.15. The molecule has 0 heterocycles. The zero-order valence-corrected chi connectivity index (χ0v) is 19.1. The fraction of sp³-hybridized carbons (Fsp3) is 0.240. The molecule has 0 spiro atoms. The van der Waals surface area contributed by atoms with E-state index in [2.05, 4.69) is 5.32 Å². The quantitative estimate of drug-likeness (QED) is 0.408. The van der Waals surface area contributed by atoms with Gasteiger partial charge in [-0.1, -0.05) is 35.9 Å². The van der Waals surface area contributed by atoms with Crippen LogP contribution >= 0.6 is 11.6 Å². The Kier molecular flexibility index (Phi) is 8.36. The molecule has 168 valence electrons. The van der Waals surface area contributed by atoms with Gasteiger partial charge in [-0.3, -0.25) is 4.79 Å². The van der Waals surface area contributed by atoms with E-state index in [1.54, 1.807) is 25.3 Å². The van der Waals surface area contributed by atoms with Crippen LogP contribution in [-0.4, -0.2) is 33.3 Å². The van der Waals surface area contributed by atoms with E-state index in [-0.39, 0.29) is 12.5 Å². The first-order valence-corrected chi connectivity index (χ1v) is 10.5. The van der Waals surface area contributed by atoms with E-state index in [1.807, 2.05) is 49.4 Å². The SMILES string of the molecule is COCCOc1cc(C)ccc1NC(=O)c1ccc(OCc2ccccc2Cl)c(OC)c1. The summed E-state index contributed by atoms with van der Waals surface area (Å²) >= 11 is 6.19. The number of methoxy groups -OCH3 is 2. The third-order valence-electron chi connectivity index (χ3n) is 4.70. The first-order valence-electron chi connectivity index (χ1n) is 10.1. The highest BCUT2D eigenvalue weighted by Gasteiger charge is 2.14. The lowest BCUT2D eigenvalue weighted by Crippen LogP contribution is -2.14. The number of ether oxygens (including phenoxy) is 4. The van der Waals surface area contributed by atoms with Crippen molar-refractivity contribution in [2.75, 3.05) is 32.8 Å². The van der Waals surface area contributed by atoms with Crippen LogP contribution in [0.15, 0.2) is 60.7 Å². The summed E-state index contributed by atoms with van der Waals surface area (Å²) in [6.07, 6.45) is 0. The van der Waals surface area contributed by atoms with E-state index >= 15 is 0 Å². The molecule has 0 saturated heterocycles. The van der Waals surface area contributed by atoms with Gasteiger partial charge in [-0.25, -0.2) is 0 Å². The van der Waals surface area contributed by atoms with Crippen LogP contribution in [0.2, 0.25) is 5.02 Å². The molecule has 1 N–H and O–H groups in total. The molecule has 0 aliphatic rings. The molecular weight excluding hydrogens is 430 g/mol. The second kappa shape index (κ2) is 11.4. The van der Waals surface area contributed by atoms with E-state index in [0.29, 0.717) is 46.7 Å². The Balaban J connectivity index is 1.73. The van der Waals surface area contributed by atoms with Gasteiger partial charge in [0.05, 0.1) is 19.4 Å². The molecule has 0 radical (unpaired) electrons. The molecule has 0 aromatic heterocycles. The Bertz CT molecular complexity index is 1070. The summed E-state index contributed by atoms with van der Waals surface area (Å²) < 4.78 is 22.1. The highest BCUT2D eigenvalue weighted by atomic mass is 35.5. The molecule has 1 amide bonds. The minimum atomic E-state index is -0.290. The van der Waals surface area contributed by atoms with E-state index < -0.39 is 0 Å². The molecule has 7 heteroatoms. The third kappa shape index (κ3) is 6.15. The van der Waals surface area contributed by atoms with Crippen molar-refractivity contribution in [1.82, 2.24) is 0 Å². The van der Waals surface area contributed by atoms with Crippen LogP contribution in [0.1, 0.15) is 21.5 Å². The molecule has 6 nitrogen and oxygen atoms in total. The summed E-state index contributed by atoms with van der Waals surface area (Å²) in [5.74, 6) is 1.26. The molecule has 32 heavy (non-hydrogen) atoms. The molecular formula is C25H26ClNO5. The first-order chi connectivity index (χ1) is 15.5. The number of anilines is 1. The number of aryl methyl sites for hydroxylation is 1. The fourth-order valence-electron chi connectivity index (χ4n) is 2.98.